The first-order valence-corrected chi connectivity index (χ1v) is 11.5. The first-order chi connectivity index (χ1) is 14.8. The van der Waals surface area contributed by atoms with Crippen LogP contribution in [0.3, 0.4) is 0 Å². The molecule has 0 aromatic heterocycles. The van der Waals surface area contributed by atoms with E-state index in [9.17, 15) is 9.59 Å². The predicted molar refractivity (Wildman–Crippen MR) is 128 cm³/mol. The van der Waals surface area contributed by atoms with Gasteiger partial charge in [-0.05, 0) is 67.9 Å². The molecule has 31 heavy (non-hydrogen) atoms. The van der Waals surface area contributed by atoms with E-state index < -0.39 is 11.5 Å². The van der Waals surface area contributed by atoms with Crippen LogP contribution in [0.4, 0.5) is 10.5 Å². The quantitative estimate of drug-likeness (QED) is 0.295. The molecular weight excluding hydrogens is 458 g/mol. The van der Waals surface area contributed by atoms with Crippen molar-refractivity contribution in [1.82, 2.24) is 5.32 Å². The minimum Gasteiger partial charge on any atom is -0.481 e. The van der Waals surface area contributed by atoms with Crippen molar-refractivity contribution < 1.29 is 14.7 Å². The highest BCUT2D eigenvalue weighted by atomic mass is 79.9. The number of amides is 2. The second-order valence-corrected chi connectivity index (χ2v) is 8.87. The van der Waals surface area contributed by atoms with Gasteiger partial charge in [0.1, 0.15) is 0 Å². The third kappa shape index (κ3) is 8.71. The number of benzene rings is 2. The molecular formula is C24H32BrN3O3. The molecule has 1 unspecified atom stereocenters. The summed E-state index contributed by atoms with van der Waals surface area (Å²) in [6.07, 6.45) is 3.73. The summed E-state index contributed by atoms with van der Waals surface area (Å²) in [5.74, 6) is -0.688. The van der Waals surface area contributed by atoms with Gasteiger partial charge in [-0.25, -0.2) is 4.79 Å². The van der Waals surface area contributed by atoms with E-state index in [1.807, 2.05) is 42.5 Å². The Morgan fingerprint density at radius 2 is 1.68 bits per heavy atom. The van der Waals surface area contributed by atoms with Crippen molar-refractivity contribution in [3.8, 4) is 0 Å². The average molecular weight is 490 g/mol. The maximum absolute atomic E-state index is 12.0. The average Bonchev–Trinajstić information content (AvgIpc) is 2.75. The van der Waals surface area contributed by atoms with Crippen LogP contribution in [-0.4, -0.2) is 29.2 Å². The number of carbonyl (C=O) groups is 2. The molecule has 2 amide bonds. The Kier molecular flexibility index (Phi) is 10.0. The summed E-state index contributed by atoms with van der Waals surface area (Å²) in [6.45, 7) is 2.66. The van der Waals surface area contributed by atoms with Crippen LogP contribution in [0.1, 0.15) is 56.9 Å². The summed E-state index contributed by atoms with van der Waals surface area (Å²) in [5.41, 5.74) is 8.22. The summed E-state index contributed by atoms with van der Waals surface area (Å²) >= 11 is 3.37. The highest BCUT2D eigenvalue weighted by Gasteiger charge is 2.32. The number of anilines is 1. The van der Waals surface area contributed by atoms with Crippen LogP contribution >= 0.6 is 15.9 Å². The molecule has 0 fully saturated rings. The molecule has 7 heteroatoms. The summed E-state index contributed by atoms with van der Waals surface area (Å²) in [5, 5.41) is 14.7. The second-order valence-electron chi connectivity index (χ2n) is 7.96. The number of rotatable bonds is 12. The zero-order valence-corrected chi connectivity index (χ0v) is 19.5. The smallest absolute Gasteiger partial charge is 0.319 e. The van der Waals surface area contributed by atoms with Crippen LogP contribution in [0, 0.1) is 0 Å². The number of aliphatic carboxylic acids is 1. The standard InChI is InChI=1S/C24H32BrN3O3/c1-18(19-8-3-2-4-9-19)24(26,16-7-10-22(29)30)15-5-6-17-27-23(31)28-21-13-11-20(25)12-14-21/h2-4,8-9,11-14,18H,5-7,10,15-17,26H2,1H3,(H,29,30)(H2,27,28,31)/t18-,24?/m0/s1. The molecule has 2 aromatic rings. The van der Waals surface area contributed by atoms with Gasteiger partial charge in [0.15, 0.2) is 0 Å². The van der Waals surface area contributed by atoms with Crippen LogP contribution in [0.5, 0.6) is 0 Å². The molecule has 0 aliphatic rings. The molecule has 0 radical (unpaired) electrons. The lowest BCUT2D eigenvalue weighted by molar-refractivity contribution is -0.137. The molecule has 0 aliphatic heterocycles. The first kappa shape index (κ1) is 24.9. The normalized spacial score (nSPS) is 13.8. The molecule has 0 saturated carbocycles. The maximum Gasteiger partial charge on any atom is 0.319 e. The van der Waals surface area contributed by atoms with Crippen molar-refractivity contribution in [2.45, 2.75) is 56.9 Å². The summed E-state index contributed by atoms with van der Waals surface area (Å²) in [4.78, 5) is 23.0. The number of unbranched alkanes of at least 4 members (excludes halogenated alkanes) is 1. The molecule has 0 spiro atoms. The lowest BCUT2D eigenvalue weighted by atomic mass is 9.74. The fourth-order valence-electron chi connectivity index (χ4n) is 3.69. The van der Waals surface area contributed by atoms with Crippen molar-refractivity contribution in [3.63, 3.8) is 0 Å². The largest absolute Gasteiger partial charge is 0.481 e. The summed E-state index contributed by atoms with van der Waals surface area (Å²) in [6, 6.07) is 17.3. The van der Waals surface area contributed by atoms with E-state index in [1.165, 1.54) is 0 Å². The molecule has 0 aliphatic carbocycles. The zero-order chi connectivity index (χ0) is 22.7. The maximum atomic E-state index is 12.0. The van der Waals surface area contributed by atoms with Crippen molar-refractivity contribution in [1.29, 1.82) is 0 Å². The molecule has 5 N–H and O–H groups in total. The number of carboxylic acid groups (broad SMARTS) is 1. The Labute approximate surface area is 192 Å². The summed E-state index contributed by atoms with van der Waals surface area (Å²) < 4.78 is 0.955. The number of halogens is 1. The van der Waals surface area contributed by atoms with Gasteiger partial charge in [-0.3, -0.25) is 4.79 Å². The van der Waals surface area contributed by atoms with E-state index in [-0.39, 0.29) is 18.4 Å². The Morgan fingerprint density at radius 1 is 1.03 bits per heavy atom. The molecule has 6 nitrogen and oxygen atoms in total. The van der Waals surface area contributed by atoms with Crippen LogP contribution in [0.2, 0.25) is 0 Å². The minimum atomic E-state index is -0.796. The molecule has 0 saturated heterocycles. The van der Waals surface area contributed by atoms with E-state index in [0.29, 0.717) is 19.4 Å². The third-order valence-corrected chi connectivity index (χ3v) is 6.18. The van der Waals surface area contributed by atoms with Gasteiger partial charge in [0.2, 0.25) is 0 Å². The number of carboxylic acids is 1. The molecule has 2 rings (SSSR count). The summed E-state index contributed by atoms with van der Waals surface area (Å²) in [7, 11) is 0. The van der Waals surface area contributed by atoms with E-state index in [1.54, 1.807) is 0 Å². The van der Waals surface area contributed by atoms with Crippen molar-refractivity contribution in [3.05, 3.63) is 64.6 Å². The Morgan fingerprint density at radius 3 is 2.32 bits per heavy atom. The highest BCUT2D eigenvalue weighted by molar-refractivity contribution is 9.10. The second kappa shape index (κ2) is 12.5. The van der Waals surface area contributed by atoms with Crippen molar-refractivity contribution in [2.24, 2.45) is 5.73 Å². The van der Waals surface area contributed by atoms with Gasteiger partial charge in [-0.2, -0.15) is 0 Å². The number of hydrogen-bond acceptors (Lipinski definition) is 3. The predicted octanol–water partition coefficient (Wildman–Crippen LogP) is 5.50. The van der Waals surface area contributed by atoms with Crippen LogP contribution in [0.25, 0.3) is 0 Å². The number of nitrogens with one attached hydrogen (secondary N) is 2. The van der Waals surface area contributed by atoms with E-state index in [2.05, 4.69) is 45.6 Å². The fraction of sp³-hybridized carbons (Fsp3) is 0.417. The van der Waals surface area contributed by atoms with E-state index >= 15 is 0 Å². The van der Waals surface area contributed by atoms with Gasteiger partial charge >= 0.3 is 12.0 Å². The van der Waals surface area contributed by atoms with Gasteiger partial charge in [-0.1, -0.05) is 53.2 Å². The number of urea groups is 1. The van der Waals surface area contributed by atoms with Gasteiger partial charge in [0, 0.05) is 28.7 Å². The van der Waals surface area contributed by atoms with Crippen LogP contribution in [0.15, 0.2) is 59.1 Å². The van der Waals surface area contributed by atoms with Crippen molar-refractivity contribution in [2.75, 3.05) is 11.9 Å². The van der Waals surface area contributed by atoms with Crippen LogP contribution in [-0.2, 0) is 4.79 Å². The lowest BCUT2D eigenvalue weighted by Gasteiger charge is -2.36. The van der Waals surface area contributed by atoms with E-state index in [0.717, 1.165) is 35.0 Å². The van der Waals surface area contributed by atoms with Gasteiger partial charge < -0.3 is 21.5 Å². The van der Waals surface area contributed by atoms with Crippen LogP contribution < -0.4 is 16.4 Å². The fourth-order valence-corrected chi connectivity index (χ4v) is 3.95. The van der Waals surface area contributed by atoms with Crippen molar-refractivity contribution >= 4 is 33.6 Å². The number of carbonyl (C=O) groups excluding carboxylic acids is 1. The Bertz CT molecular complexity index is 830. The number of nitrogens with two attached hydrogens (primary N) is 1. The zero-order valence-electron chi connectivity index (χ0n) is 17.9. The minimum absolute atomic E-state index is 0.108. The highest BCUT2D eigenvalue weighted by Crippen LogP contribution is 2.34. The van der Waals surface area contributed by atoms with E-state index in [4.69, 9.17) is 10.8 Å². The molecule has 168 valence electrons. The lowest BCUT2D eigenvalue weighted by Crippen LogP contribution is -2.45. The van der Waals surface area contributed by atoms with Gasteiger partial charge in [-0.15, -0.1) is 0 Å². The topological polar surface area (TPSA) is 104 Å². The first-order valence-electron chi connectivity index (χ1n) is 10.7. The van der Waals surface area contributed by atoms with Gasteiger partial charge in [0.25, 0.3) is 0 Å². The SMILES string of the molecule is C[C@@H](c1ccccc1)C(N)(CCCCNC(=O)Nc1ccc(Br)cc1)CCCC(=O)O. The third-order valence-electron chi connectivity index (χ3n) is 5.65. The molecule has 2 atom stereocenters. The monoisotopic (exact) mass is 489 g/mol. The van der Waals surface area contributed by atoms with Gasteiger partial charge in [0.05, 0.1) is 0 Å². The molecule has 0 bridgehead atoms. The molecule has 2 aromatic carbocycles. The number of hydrogen-bond donors (Lipinski definition) is 4. The Hall–Kier alpha value is -2.38. The molecule has 0 heterocycles. The Balaban J connectivity index is 1.82.